The van der Waals surface area contributed by atoms with Gasteiger partial charge in [0, 0.05) is 21.5 Å². The molecule has 8 nitrogen and oxygen atoms in total. The second-order valence-electron chi connectivity index (χ2n) is 8.93. The molecule has 4 aromatic carbocycles. The number of rotatable bonds is 4. The lowest BCUT2D eigenvalue weighted by Crippen LogP contribution is -2.27. The van der Waals surface area contributed by atoms with Crippen molar-refractivity contribution in [3.63, 3.8) is 0 Å². The zero-order chi connectivity index (χ0) is 26.0. The van der Waals surface area contributed by atoms with E-state index in [0.717, 1.165) is 21.5 Å². The van der Waals surface area contributed by atoms with E-state index in [1.54, 1.807) is 0 Å². The Morgan fingerprint density at radius 1 is 0.487 bits per heavy atom. The second-order valence-corrected chi connectivity index (χ2v) is 11.0. The van der Waals surface area contributed by atoms with Crippen LogP contribution >= 0.6 is 16.5 Å². The van der Waals surface area contributed by atoms with Crippen LogP contribution in [0.4, 0.5) is 0 Å². The third-order valence-electron chi connectivity index (χ3n) is 6.28. The maximum atomic E-state index is 6.21. The molecule has 2 atom stereocenters. The molecule has 0 saturated carbocycles. The largest absolute Gasteiger partial charge is 0.399 e. The van der Waals surface area contributed by atoms with E-state index in [-0.39, 0.29) is 13.2 Å². The van der Waals surface area contributed by atoms with Gasteiger partial charge in [0.15, 0.2) is 6.29 Å². The number of fused-ring (bicyclic) bond motifs is 6. The molecule has 39 heavy (non-hydrogen) atoms. The van der Waals surface area contributed by atoms with Gasteiger partial charge in [0.25, 0.3) is 0 Å². The molecule has 0 unspecified atom stereocenters. The fourth-order valence-corrected chi connectivity index (χ4v) is 6.67. The van der Waals surface area contributed by atoms with Crippen LogP contribution < -0.4 is 9.05 Å². The molecule has 0 spiro atoms. The first-order valence-corrected chi connectivity index (χ1v) is 14.7. The molecular weight excluding hydrogens is 538 g/mol. The predicted octanol–water partition coefficient (Wildman–Crippen LogP) is 8.19. The summed E-state index contributed by atoms with van der Waals surface area (Å²) in [6.45, 7) is 0.704. The molecule has 1 aliphatic rings. The smallest absolute Gasteiger partial charge is 0.390 e. The average molecular weight is 562 g/mol. The fraction of sp³-hybridized carbons (Fsp3) is 0.172. The minimum atomic E-state index is -1.79. The second kappa shape index (κ2) is 10.9. The van der Waals surface area contributed by atoms with Crippen LogP contribution in [-0.2, 0) is 9.47 Å². The molecule has 7 rings (SSSR count). The molecule has 198 valence electrons. The zero-order valence-electron chi connectivity index (χ0n) is 20.7. The Balaban J connectivity index is 1.13. The van der Waals surface area contributed by atoms with Crippen molar-refractivity contribution in [1.29, 1.82) is 0 Å². The van der Waals surface area contributed by atoms with Gasteiger partial charge in [0.2, 0.25) is 0 Å². The summed E-state index contributed by atoms with van der Waals surface area (Å²) < 4.78 is 48.8. The van der Waals surface area contributed by atoms with E-state index in [4.69, 9.17) is 35.3 Å². The summed E-state index contributed by atoms with van der Waals surface area (Å²) in [5.74, 6) is 0. The molecule has 0 aliphatic carbocycles. The number of hydrogen-bond acceptors (Lipinski definition) is 8. The summed E-state index contributed by atoms with van der Waals surface area (Å²) in [6.07, 6.45) is -1.13. The van der Waals surface area contributed by atoms with E-state index in [9.17, 15) is 0 Å². The van der Waals surface area contributed by atoms with Crippen LogP contribution in [0.5, 0.6) is 0 Å². The highest BCUT2D eigenvalue weighted by molar-refractivity contribution is 7.32. The van der Waals surface area contributed by atoms with Gasteiger partial charge in [-0.25, -0.2) is 4.52 Å². The quantitative estimate of drug-likeness (QED) is 0.212. The SMILES string of the molecule is c1ccc2c(c1)op(O[C@H]1COC[C@@H](Op3oc4ccccc4c4ccccc4o3)OC1)oc1ccccc12. The van der Waals surface area contributed by atoms with Gasteiger partial charge in [0.05, 0.1) is 19.8 Å². The van der Waals surface area contributed by atoms with Crippen LogP contribution in [0.2, 0.25) is 0 Å². The summed E-state index contributed by atoms with van der Waals surface area (Å²) in [6, 6.07) is 31.2. The van der Waals surface area contributed by atoms with Gasteiger partial charge in [-0.1, -0.05) is 72.8 Å². The first-order chi connectivity index (χ1) is 19.3. The normalized spacial score (nSPS) is 17.9. The van der Waals surface area contributed by atoms with Gasteiger partial charge in [-0.2, -0.15) is 0 Å². The minimum absolute atomic E-state index is 0.194. The Bertz CT molecular complexity index is 1600. The van der Waals surface area contributed by atoms with Gasteiger partial charge >= 0.3 is 16.5 Å². The lowest BCUT2D eigenvalue weighted by atomic mass is 10.1. The topological polar surface area (TPSA) is 89.5 Å². The van der Waals surface area contributed by atoms with Gasteiger partial charge < -0.3 is 26.3 Å². The Morgan fingerprint density at radius 3 is 1.36 bits per heavy atom. The van der Waals surface area contributed by atoms with Gasteiger partial charge in [0.1, 0.15) is 28.4 Å². The Kier molecular flexibility index (Phi) is 6.89. The first-order valence-electron chi connectivity index (χ1n) is 12.5. The molecule has 0 amide bonds. The van der Waals surface area contributed by atoms with E-state index >= 15 is 0 Å². The molecule has 1 aliphatic heterocycles. The number of benzene rings is 4. The standard InChI is InChI=1S/C29H24O8P2/c1-5-13-25-21(9-1)22-10-2-6-14-26(22)34-38(33-25)32-20-17-30-19-29(31-18-20)37-39-35-27-15-7-3-11-23(27)24-12-4-8-16-28(24)36-39/h1-16,20,29H,17-19H2/t20-,29+/m0/s1. The Hall–Kier alpha value is -3.48. The maximum absolute atomic E-state index is 6.21. The lowest BCUT2D eigenvalue weighted by Gasteiger charge is -2.13. The number of hydrogen-bond donors (Lipinski definition) is 0. The van der Waals surface area contributed by atoms with Gasteiger partial charge in [-0.3, -0.25) is 4.52 Å². The highest BCUT2D eigenvalue weighted by atomic mass is 31.1. The van der Waals surface area contributed by atoms with Crippen LogP contribution in [-0.4, -0.2) is 32.2 Å². The van der Waals surface area contributed by atoms with E-state index in [1.165, 1.54) is 0 Å². The fourth-order valence-electron chi connectivity index (χ4n) is 4.47. The lowest BCUT2D eigenvalue weighted by molar-refractivity contribution is -0.0793. The van der Waals surface area contributed by atoms with Crippen molar-refractivity contribution in [1.82, 2.24) is 0 Å². The van der Waals surface area contributed by atoms with Gasteiger partial charge in [-0.05, 0) is 24.3 Å². The molecule has 1 saturated heterocycles. The Labute approximate surface area is 224 Å². The molecule has 6 aromatic rings. The van der Waals surface area contributed by atoms with Crippen LogP contribution in [0.1, 0.15) is 0 Å². The molecule has 0 radical (unpaired) electrons. The van der Waals surface area contributed by atoms with Crippen molar-refractivity contribution in [3.05, 3.63) is 97.1 Å². The summed E-state index contributed by atoms with van der Waals surface area (Å²) in [7, 11) is -3.53. The van der Waals surface area contributed by atoms with Crippen LogP contribution in [0, 0.1) is 0 Å². The van der Waals surface area contributed by atoms with Crippen molar-refractivity contribution in [2.24, 2.45) is 0 Å². The third kappa shape index (κ3) is 5.23. The zero-order valence-corrected chi connectivity index (χ0v) is 22.5. The summed E-state index contributed by atoms with van der Waals surface area (Å²) in [5, 5.41) is 3.80. The molecule has 1 fully saturated rings. The molecule has 2 aromatic heterocycles. The summed E-state index contributed by atoms with van der Waals surface area (Å²) in [5.41, 5.74) is 2.79. The monoisotopic (exact) mass is 562 g/mol. The van der Waals surface area contributed by atoms with E-state index in [2.05, 4.69) is 0 Å². The van der Waals surface area contributed by atoms with Crippen LogP contribution in [0.15, 0.2) is 114 Å². The molecule has 0 bridgehead atoms. The number of para-hydroxylation sites is 4. The molecule has 0 N–H and O–H groups in total. The van der Waals surface area contributed by atoms with E-state index < -0.39 is 28.9 Å². The van der Waals surface area contributed by atoms with E-state index in [0.29, 0.717) is 28.9 Å². The van der Waals surface area contributed by atoms with Gasteiger partial charge in [-0.15, -0.1) is 0 Å². The highest BCUT2D eigenvalue weighted by Crippen LogP contribution is 2.36. The van der Waals surface area contributed by atoms with Crippen molar-refractivity contribution in [3.8, 4) is 0 Å². The van der Waals surface area contributed by atoms with Crippen molar-refractivity contribution < 1.29 is 35.3 Å². The molecule has 3 heterocycles. The molecule has 10 heteroatoms. The average Bonchev–Trinajstić information content (AvgIpc) is 3.35. The molecular formula is C29H24O8P2. The summed E-state index contributed by atoms with van der Waals surface area (Å²) in [4.78, 5) is 0. The summed E-state index contributed by atoms with van der Waals surface area (Å²) >= 11 is 0. The maximum Gasteiger partial charge on any atom is 0.390 e. The Morgan fingerprint density at radius 2 is 0.897 bits per heavy atom. The highest BCUT2D eigenvalue weighted by Gasteiger charge is 2.25. The number of ether oxygens (including phenoxy) is 2. The van der Waals surface area contributed by atoms with Crippen LogP contribution in [0.25, 0.3) is 43.9 Å². The van der Waals surface area contributed by atoms with Crippen molar-refractivity contribution in [2.75, 3.05) is 19.8 Å². The van der Waals surface area contributed by atoms with Crippen LogP contribution in [0.3, 0.4) is 0 Å². The minimum Gasteiger partial charge on any atom is -0.399 e. The van der Waals surface area contributed by atoms with E-state index in [1.807, 2.05) is 97.1 Å². The third-order valence-corrected chi connectivity index (χ3v) is 8.55. The first kappa shape index (κ1) is 24.6. The van der Waals surface area contributed by atoms with Crippen molar-refractivity contribution >= 4 is 60.4 Å². The van der Waals surface area contributed by atoms with Crippen molar-refractivity contribution in [2.45, 2.75) is 12.4 Å². The predicted molar refractivity (Wildman–Crippen MR) is 150 cm³/mol.